The number of thiocarbonyl (C=S) groups is 1. The average Bonchev–Trinajstić information content (AvgIpc) is 2.56. The van der Waals surface area contributed by atoms with E-state index in [0.29, 0.717) is 16.5 Å². The number of carbonyl (C=O) groups excluding carboxylic acids is 1. The number of hydrogen-bond acceptors (Lipinski definition) is 3. The summed E-state index contributed by atoms with van der Waals surface area (Å²) < 4.78 is 6.75. The molecule has 0 aromatic heterocycles. The molecule has 0 heterocycles. The predicted molar refractivity (Wildman–Crippen MR) is 114 cm³/mol. The maximum Gasteiger partial charge on any atom is 0.265 e. The molecule has 1 N–H and O–H groups in total. The number of hydrogen-bond donors (Lipinski definition) is 1. The highest BCUT2D eigenvalue weighted by atomic mass is 79.9. The number of ether oxygens (including phenoxy) is 1. The molecule has 0 bridgehead atoms. The van der Waals surface area contributed by atoms with E-state index in [1.165, 1.54) is 0 Å². The van der Waals surface area contributed by atoms with E-state index in [-0.39, 0.29) is 18.0 Å². The molecule has 6 heteroatoms. The number of rotatable bonds is 5. The summed E-state index contributed by atoms with van der Waals surface area (Å²) in [4.78, 5) is 14.4. The van der Waals surface area contributed by atoms with Gasteiger partial charge in [0.15, 0.2) is 0 Å². The van der Waals surface area contributed by atoms with Crippen LogP contribution < -0.4 is 10.1 Å². The van der Waals surface area contributed by atoms with E-state index >= 15 is 0 Å². The van der Waals surface area contributed by atoms with Gasteiger partial charge in [0, 0.05) is 27.8 Å². The van der Waals surface area contributed by atoms with Gasteiger partial charge in [0.25, 0.3) is 11.1 Å². The Bertz CT molecular complexity index is 750. The summed E-state index contributed by atoms with van der Waals surface area (Å²) in [5, 5.41) is 3.29. The lowest BCUT2D eigenvalue weighted by atomic mass is 10.2. The normalized spacial score (nSPS) is 10.7. The van der Waals surface area contributed by atoms with Crippen LogP contribution in [0, 0.1) is 0 Å². The Hall–Kier alpha value is -1.92. The molecule has 0 aliphatic heterocycles. The van der Waals surface area contributed by atoms with E-state index in [1.54, 1.807) is 24.3 Å². The summed E-state index contributed by atoms with van der Waals surface area (Å²) in [5.41, 5.74) is 1.29. The molecule has 1 amide bonds. The Balaban J connectivity index is 2.02. The molecule has 0 fully saturated rings. The van der Waals surface area contributed by atoms with Crippen molar-refractivity contribution < 1.29 is 9.53 Å². The van der Waals surface area contributed by atoms with Gasteiger partial charge in [0.05, 0.1) is 0 Å². The van der Waals surface area contributed by atoms with Gasteiger partial charge in [0.2, 0.25) is 0 Å². The lowest BCUT2D eigenvalue weighted by molar-refractivity contribution is 0.102. The van der Waals surface area contributed by atoms with Crippen LogP contribution in [0.1, 0.15) is 38.1 Å². The fourth-order valence-corrected chi connectivity index (χ4v) is 3.36. The zero-order valence-corrected chi connectivity index (χ0v) is 17.7. The van der Waals surface area contributed by atoms with Crippen LogP contribution in [-0.4, -0.2) is 28.1 Å². The second-order valence-corrected chi connectivity index (χ2v) is 7.71. The summed E-state index contributed by atoms with van der Waals surface area (Å²) in [7, 11) is 0. The minimum absolute atomic E-state index is 0.174. The second kappa shape index (κ2) is 9.14. The van der Waals surface area contributed by atoms with Gasteiger partial charge in [-0.1, -0.05) is 15.9 Å². The van der Waals surface area contributed by atoms with Crippen LogP contribution in [0.2, 0.25) is 0 Å². The number of anilines is 1. The van der Waals surface area contributed by atoms with E-state index in [2.05, 4.69) is 48.9 Å². The monoisotopic (exact) mass is 434 g/mol. The van der Waals surface area contributed by atoms with Gasteiger partial charge in [0.1, 0.15) is 5.75 Å². The van der Waals surface area contributed by atoms with Crippen molar-refractivity contribution in [1.29, 1.82) is 0 Å². The Morgan fingerprint density at radius 1 is 1.00 bits per heavy atom. The quantitative estimate of drug-likeness (QED) is 0.632. The maximum absolute atomic E-state index is 12.3. The molecule has 0 aliphatic rings. The highest BCUT2D eigenvalue weighted by molar-refractivity contribution is 9.10. The van der Waals surface area contributed by atoms with Crippen molar-refractivity contribution in [2.24, 2.45) is 0 Å². The molecule has 2 aromatic rings. The van der Waals surface area contributed by atoms with Crippen molar-refractivity contribution >= 4 is 44.9 Å². The van der Waals surface area contributed by atoms with Crippen molar-refractivity contribution in [3.05, 3.63) is 58.6 Å². The maximum atomic E-state index is 12.3. The van der Waals surface area contributed by atoms with Crippen LogP contribution in [0.3, 0.4) is 0 Å². The molecular formula is C20H23BrN2O2S. The van der Waals surface area contributed by atoms with E-state index in [9.17, 15) is 4.79 Å². The largest absolute Gasteiger partial charge is 0.432 e. The van der Waals surface area contributed by atoms with Crippen LogP contribution in [0.25, 0.3) is 0 Å². The third-order valence-electron chi connectivity index (χ3n) is 3.75. The molecule has 2 rings (SSSR count). The molecule has 0 radical (unpaired) electrons. The van der Waals surface area contributed by atoms with Gasteiger partial charge in [-0.2, -0.15) is 0 Å². The molecule has 138 valence electrons. The number of amides is 1. The third-order valence-corrected chi connectivity index (χ3v) is 4.57. The Morgan fingerprint density at radius 2 is 1.54 bits per heavy atom. The second-order valence-electron chi connectivity index (χ2n) is 6.45. The molecule has 2 aromatic carbocycles. The standard InChI is InChI=1S/C20H23BrN2O2S/c1-13(2)23(14(3)4)20(26)25-18-11-5-15(6-12-18)19(24)22-17-9-7-16(21)8-10-17/h5-14H,1-4H3,(H,22,24). The highest BCUT2D eigenvalue weighted by Gasteiger charge is 2.18. The third kappa shape index (κ3) is 5.54. The van der Waals surface area contributed by atoms with E-state index < -0.39 is 0 Å². The Morgan fingerprint density at radius 3 is 2.04 bits per heavy atom. The zero-order valence-electron chi connectivity index (χ0n) is 15.3. The van der Waals surface area contributed by atoms with Gasteiger partial charge in [-0.3, -0.25) is 4.79 Å². The van der Waals surface area contributed by atoms with Crippen LogP contribution in [0.15, 0.2) is 53.0 Å². The van der Waals surface area contributed by atoms with Gasteiger partial charge >= 0.3 is 0 Å². The lowest BCUT2D eigenvalue weighted by Crippen LogP contribution is -2.43. The first-order chi connectivity index (χ1) is 12.3. The first-order valence-electron chi connectivity index (χ1n) is 8.45. The lowest BCUT2D eigenvalue weighted by Gasteiger charge is -2.32. The number of benzene rings is 2. The van der Waals surface area contributed by atoms with Crippen LogP contribution in [-0.2, 0) is 0 Å². The minimum atomic E-state index is -0.174. The first-order valence-corrected chi connectivity index (χ1v) is 9.65. The molecule has 4 nitrogen and oxygen atoms in total. The van der Waals surface area contributed by atoms with Crippen molar-refractivity contribution in [2.75, 3.05) is 5.32 Å². The van der Waals surface area contributed by atoms with Crippen molar-refractivity contribution in [3.63, 3.8) is 0 Å². The number of nitrogens with one attached hydrogen (secondary N) is 1. The van der Waals surface area contributed by atoms with Gasteiger partial charge in [-0.25, -0.2) is 0 Å². The minimum Gasteiger partial charge on any atom is -0.432 e. The molecule has 26 heavy (non-hydrogen) atoms. The summed E-state index contributed by atoms with van der Waals surface area (Å²) in [6.45, 7) is 8.30. The smallest absolute Gasteiger partial charge is 0.265 e. The SMILES string of the molecule is CC(C)N(C(=S)Oc1ccc(C(=O)Nc2ccc(Br)cc2)cc1)C(C)C. The average molecular weight is 435 g/mol. The predicted octanol–water partition coefficient (Wildman–Crippen LogP) is 5.48. The Kier molecular flexibility index (Phi) is 7.17. The fraction of sp³-hybridized carbons (Fsp3) is 0.300. The van der Waals surface area contributed by atoms with Gasteiger partial charge in [-0.05, 0) is 88.4 Å². The number of carbonyl (C=O) groups is 1. The van der Waals surface area contributed by atoms with Gasteiger partial charge < -0.3 is 15.0 Å². The Labute approximate surface area is 168 Å². The molecule has 0 spiro atoms. The molecular weight excluding hydrogens is 412 g/mol. The van der Waals surface area contributed by atoms with Crippen LogP contribution in [0.5, 0.6) is 5.75 Å². The number of nitrogens with zero attached hydrogens (tertiary/aromatic N) is 1. The fourth-order valence-electron chi connectivity index (χ4n) is 2.58. The topological polar surface area (TPSA) is 41.6 Å². The summed E-state index contributed by atoms with van der Waals surface area (Å²) in [5.74, 6) is 0.439. The van der Waals surface area contributed by atoms with E-state index in [4.69, 9.17) is 17.0 Å². The van der Waals surface area contributed by atoms with E-state index in [0.717, 1.165) is 10.2 Å². The molecule has 0 saturated heterocycles. The van der Waals surface area contributed by atoms with Crippen LogP contribution >= 0.6 is 28.1 Å². The highest BCUT2D eigenvalue weighted by Crippen LogP contribution is 2.18. The summed E-state index contributed by atoms with van der Waals surface area (Å²) >= 11 is 8.78. The summed E-state index contributed by atoms with van der Waals surface area (Å²) in [6, 6.07) is 14.9. The molecule has 0 aliphatic carbocycles. The molecule has 0 atom stereocenters. The van der Waals surface area contributed by atoms with Crippen molar-refractivity contribution in [2.45, 2.75) is 39.8 Å². The van der Waals surface area contributed by atoms with E-state index in [1.807, 2.05) is 29.2 Å². The van der Waals surface area contributed by atoms with Crippen LogP contribution in [0.4, 0.5) is 5.69 Å². The first kappa shape index (κ1) is 20.4. The summed E-state index contributed by atoms with van der Waals surface area (Å²) in [6.07, 6.45) is 0. The van der Waals surface area contributed by atoms with Crippen molar-refractivity contribution in [1.82, 2.24) is 4.90 Å². The van der Waals surface area contributed by atoms with Gasteiger partial charge in [-0.15, -0.1) is 0 Å². The van der Waals surface area contributed by atoms with Crippen molar-refractivity contribution in [3.8, 4) is 5.75 Å². The zero-order chi connectivity index (χ0) is 19.3. The molecule has 0 saturated carbocycles. The molecule has 0 unspecified atom stereocenters. The number of halogens is 1.